The highest BCUT2D eigenvalue weighted by molar-refractivity contribution is 7.99. The summed E-state index contributed by atoms with van der Waals surface area (Å²) < 4.78 is 4.77. The van der Waals surface area contributed by atoms with Crippen molar-refractivity contribution in [2.24, 2.45) is 5.41 Å². The molecule has 1 fully saturated rings. The van der Waals surface area contributed by atoms with Crippen LogP contribution >= 0.6 is 11.8 Å². The lowest BCUT2D eigenvalue weighted by atomic mass is 10.1. The first kappa shape index (κ1) is 15.1. The van der Waals surface area contributed by atoms with Crippen molar-refractivity contribution >= 4 is 23.5 Å². The van der Waals surface area contributed by atoms with Crippen LogP contribution in [0.25, 0.3) is 0 Å². The number of thioether (sulfide) groups is 1. The second kappa shape index (κ2) is 5.99. The van der Waals surface area contributed by atoms with Gasteiger partial charge in [0.15, 0.2) is 0 Å². The first-order valence-corrected chi connectivity index (χ1v) is 7.76. The van der Waals surface area contributed by atoms with Crippen LogP contribution in [0.15, 0.2) is 11.4 Å². The number of nitrogen functional groups attached to an aromatic ring is 1. The fraction of sp³-hybridized carbons (Fsp3) is 0.643. The minimum absolute atomic E-state index is 0.0890. The van der Waals surface area contributed by atoms with E-state index >= 15 is 0 Å². The zero-order chi connectivity index (χ0) is 14.8. The third kappa shape index (κ3) is 3.42. The van der Waals surface area contributed by atoms with Gasteiger partial charge in [-0.2, -0.15) is 0 Å². The van der Waals surface area contributed by atoms with E-state index in [4.69, 9.17) is 10.5 Å². The van der Waals surface area contributed by atoms with Crippen LogP contribution in [-0.4, -0.2) is 28.8 Å². The van der Waals surface area contributed by atoms with Crippen LogP contribution in [0, 0.1) is 5.41 Å². The Kier molecular flexibility index (Phi) is 4.52. The van der Waals surface area contributed by atoms with Gasteiger partial charge in [0.2, 0.25) is 0 Å². The lowest BCUT2D eigenvalue weighted by Gasteiger charge is -2.16. The molecule has 0 aromatic carbocycles. The average molecular weight is 295 g/mol. The molecule has 1 heterocycles. The van der Waals surface area contributed by atoms with E-state index in [0.29, 0.717) is 12.2 Å². The molecule has 0 amide bonds. The van der Waals surface area contributed by atoms with Crippen LogP contribution in [-0.2, 0) is 9.53 Å². The lowest BCUT2D eigenvalue weighted by molar-refractivity contribution is -0.141. The number of aromatic nitrogens is 2. The van der Waals surface area contributed by atoms with Gasteiger partial charge in [-0.05, 0) is 24.2 Å². The summed E-state index contributed by atoms with van der Waals surface area (Å²) in [6, 6.07) is 0. The van der Waals surface area contributed by atoms with Gasteiger partial charge in [-0.25, -0.2) is 9.97 Å². The van der Waals surface area contributed by atoms with Crippen LogP contribution in [0.5, 0.6) is 0 Å². The summed E-state index contributed by atoms with van der Waals surface area (Å²) in [5.74, 6) is 1.58. The standard InChI is InChI=1S/C14H21N3O2S/c1-9(2)11-12(15)16-8-17-13(11)20-7-14(4-5-14)6-10(18)19-3/h8-9H,4-7H2,1-3H3,(H2,15,16,17). The Morgan fingerprint density at radius 2 is 2.20 bits per heavy atom. The summed E-state index contributed by atoms with van der Waals surface area (Å²) in [7, 11) is 1.44. The number of esters is 1. The number of carbonyl (C=O) groups is 1. The molecule has 5 nitrogen and oxygen atoms in total. The summed E-state index contributed by atoms with van der Waals surface area (Å²) in [5.41, 5.74) is 7.04. The Labute approximate surface area is 123 Å². The molecule has 0 unspecified atom stereocenters. The van der Waals surface area contributed by atoms with Gasteiger partial charge in [0.05, 0.1) is 13.5 Å². The van der Waals surface area contributed by atoms with Gasteiger partial charge in [0.25, 0.3) is 0 Å². The van der Waals surface area contributed by atoms with E-state index in [1.807, 2.05) is 0 Å². The van der Waals surface area contributed by atoms with Crippen LogP contribution in [0.2, 0.25) is 0 Å². The zero-order valence-electron chi connectivity index (χ0n) is 12.2. The van der Waals surface area contributed by atoms with E-state index in [2.05, 4.69) is 23.8 Å². The minimum atomic E-state index is -0.130. The van der Waals surface area contributed by atoms with Crippen molar-refractivity contribution in [3.63, 3.8) is 0 Å². The molecule has 1 saturated carbocycles. The smallest absolute Gasteiger partial charge is 0.306 e. The topological polar surface area (TPSA) is 78.1 Å². The van der Waals surface area contributed by atoms with Crippen LogP contribution in [0.4, 0.5) is 5.82 Å². The first-order valence-electron chi connectivity index (χ1n) is 6.77. The number of ether oxygens (including phenoxy) is 1. The summed E-state index contributed by atoms with van der Waals surface area (Å²) in [5, 5.41) is 0.934. The molecular weight excluding hydrogens is 274 g/mol. The van der Waals surface area contributed by atoms with Gasteiger partial charge >= 0.3 is 5.97 Å². The van der Waals surface area contributed by atoms with Crippen molar-refractivity contribution in [1.82, 2.24) is 9.97 Å². The molecule has 2 rings (SSSR count). The molecule has 0 aliphatic heterocycles. The number of hydrogen-bond acceptors (Lipinski definition) is 6. The molecule has 110 valence electrons. The van der Waals surface area contributed by atoms with Crippen molar-refractivity contribution < 1.29 is 9.53 Å². The van der Waals surface area contributed by atoms with Gasteiger partial charge in [0, 0.05) is 11.3 Å². The molecule has 0 bridgehead atoms. The van der Waals surface area contributed by atoms with Crippen molar-refractivity contribution in [3.05, 3.63) is 11.9 Å². The van der Waals surface area contributed by atoms with Gasteiger partial charge in [-0.1, -0.05) is 13.8 Å². The van der Waals surface area contributed by atoms with Crippen LogP contribution in [0.1, 0.15) is 44.6 Å². The Morgan fingerprint density at radius 3 is 2.75 bits per heavy atom. The Balaban J connectivity index is 2.05. The lowest BCUT2D eigenvalue weighted by Crippen LogP contribution is -2.13. The molecule has 6 heteroatoms. The maximum absolute atomic E-state index is 11.4. The molecule has 1 aliphatic carbocycles. The number of methoxy groups -OCH3 is 1. The molecule has 1 aromatic rings. The quantitative estimate of drug-likeness (QED) is 0.494. The van der Waals surface area contributed by atoms with E-state index in [9.17, 15) is 4.79 Å². The van der Waals surface area contributed by atoms with E-state index in [1.54, 1.807) is 11.8 Å². The SMILES string of the molecule is COC(=O)CC1(CSc2ncnc(N)c2C(C)C)CC1. The maximum atomic E-state index is 11.4. The second-order valence-electron chi connectivity index (χ2n) is 5.67. The molecular formula is C14H21N3O2S. The van der Waals surface area contributed by atoms with Crippen molar-refractivity contribution in [3.8, 4) is 0 Å². The highest BCUT2D eigenvalue weighted by Gasteiger charge is 2.44. The van der Waals surface area contributed by atoms with Gasteiger partial charge < -0.3 is 10.5 Å². The van der Waals surface area contributed by atoms with Gasteiger partial charge in [-0.3, -0.25) is 4.79 Å². The highest BCUT2D eigenvalue weighted by atomic mass is 32.2. The Morgan fingerprint density at radius 1 is 1.50 bits per heavy atom. The predicted octanol–water partition coefficient (Wildman–Crippen LogP) is 2.62. The summed E-state index contributed by atoms with van der Waals surface area (Å²) in [4.78, 5) is 19.8. The van der Waals surface area contributed by atoms with Crippen LogP contribution < -0.4 is 5.73 Å². The first-order chi connectivity index (χ1) is 9.47. The molecule has 0 radical (unpaired) electrons. The molecule has 2 N–H and O–H groups in total. The molecule has 20 heavy (non-hydrogen) atoms. The van der Waals surface area contributed by atoms with Crippen LogP contribution in [0.3, 0.4) is 0 Å². The van der Waals surface area contributed by atoms with E-state index in [1.165, 1.54) is 13.4 Å². The Bertz CT molecular complexity index is 501. The molecule has 0 spiro atoms. The van der Waals surface area contributed by atoms with Gasteiger partial charge in [0.1, 0.15) is 17.2 Å². The number of hydrogen-bond donors (Lipinski definition) is 1. The number of nitrogens with zero attached hydrogens (tertiary/aromatic N) is 2. The number of nitrogens with two attached hydrogens (primary N) is 1. The predicted molar refractivity (Wildman–Crippen MR) is 79.6 cm³/mol. The van der Waals surface area contributed by atoms with E-state index in [-0.39, 0.29) is 17.3 Å². The fourth-order valence-corrected chi connectivity index (χ4v) is 3.65. The molecule has 0 saturated heterocycles. The molecule has 0 atom stereocenters. The van der Waals surface area contributed by atoms with E-state index in [0.717, 1.165) is 29.2 Å². The van der Waals surface area contributed by atoms with Crippen molar-refractivity contribution in [1.29, 1.82) is 0 Å². The maximum Gasteiger partial charge on any atom is 0.306 e. The third-order valence-corrected chi connectivity index (χ3v) is 5.03. The summed E-state index contributed by atoms with van der Waals surface area (Å²) in [6.45, 7) is 4.17. The normalized spacial score (nSPS) is 16.2. The number of carbonyl (C=O) groups excluding carboxylic acids is 1. The fourth-order valence-electron chi connectivity index (χ4n) is 2.20. The van der Waals surface area contributed by atoms with Gasteiger partial charge in [-0.15, -0.1) is 11.8 Å². The summed E-state index contributed by atoms with van der Waals surface area (Å²) in [6.07, 6.45) is 4.15. The highest BCUT2D eigenvalue weighted by Crippen LogP contribution is 2.52. The summed E-state index contributed by atoms with van der Waals surface area (Å²) >= 11 is 1.67. The number of rotatable bonds is 6. The molecule has 1 aliphatic rings. The van der Waals surface area contributed by atoms with Crippen molar-refractivity contribution in [2.75, 3.05) is 18.6 Å². The largest absolute Gasteiger partial charge is 0.469 e. The molecule has 1 aromatic heterocycles. The third-order valence-electron chi connectivity index (χ3n) is 3.67. The van der Waals surface area contributed by atoms with E-state index < -0.39 is 0 Å². The van der Waals surface area contributed by atoms with Crippen molar-refractivity contribution in [2.45, 2.75) is 44.1 Å². The minimum Gasteiger partial charge on any atom is -0.469 e. The monoisotopic (exact) mass is 295 g/mol. The second-order valence-corrected chi connectivity index (χ2v) is 6.64. The zero-order valence-corrected chi connectivity index (χ0v) is 13.0. The average Bonchev–Trinajstić information content (AvgIpc) is 3.16. The number of anilines is 1. The Hall–Kier alpha value is -1.30.